The van der Waals surface area contributed by atoms with Gasteiger partial charge in [-0.3, -0.25) is 9.78 Å². The highest BCUT2D eigenvalue weighted by atomic mass is 16.5. The van der Waals surface area contributed by atoms with Crippen LogP contribution in [-0.4, -0.2) is 48.1 Å². The molecule has 4 rings (SSSR count). The average Bonchev–Trinajstić information content (AvgIpc) is 3.10. The van der Waals surface area contributed by atoms with E-state index in [1.54, 1.807) is 6.20 Å². The van der Waals surface area contributed by atoms with Crippen molar-refractivity contribution in [3.05, 3.63) is 59.9 Å². The van der Waals surface area contributed by atoms with Crippen molar-refractivity contribution in [1.82, 2.24) is 9.88 Å². The number of rotatable bonds is 5. The minimum atomic E-state index is 0.0978. The number of fused-ring (bicyclic) bond motifs is 1. The number of aromatic nitrogens is 1. The number of anilines is 1. The molecule has 1 amide bonds. The molecule has 1 aromatic heterocycles. The van der Waals surface area contributed by atoms with Gasteiger partial charge in [-0.05, 0) is 43.0 Å². The molecule has 2 aliphatic rings. The van der Waals surface area contributed by atoms with Gasteiger partial charge in [0, 0.05) is 31.5 Å². The van der Waals surface area contributed by atoms with Crippen LogP contribution in [0.3, 0.4) is 0 Å². The second-order valence-corrected chi connectivity index (χ2v) is 7.04. The van der Waals surface area contributed by atoms with Gasteiger partial charge in [0.1, 0.15) is 0 Å². The predicted molar refractivity (Wildman–Crippen MR) is 101 cm³/mol. The van der Waals surface area contributed by atoms with Gasteiger partial charge in [-0.1, -0.05) is 24.3 Å². The van der Waals surface area contributed by atoms with Crippen LogP contribution in [0.1, 0.15) is 24.1 Å². The quantitative estimate of drug-likeness (QED) is 0.831. The van der Waals surface area contributed by atoms with E-state index in [2.05, 4.69) is 28.1 Å². The monoisotopic (exact) mass is 351 g/mol. The lowest BCUT2D eigenvalue weighted by atomic mass is 10.1. The highest BCUT2D eigenvalue weighted by Gasteiger charge is 2.27. The van der Waals surface area contributed by atoms with E-state index in [4.69, 9.17) is 4.74 Å². The number of ether oxygens (including phenoxy) is 1. The Morgan fingerprint density at radius 1 is 1.15 bits per heavy atom. The molecule has 5 heteroatoms. The van der Waals surface area contributed by atoms with Gasteiger partial charge in [-0.25, -0.2) is 0 Å². The molecular formula is C21H25N3O2. The minimum absolute atomic E-state index is 0.0978. The molecule has 0 bridgehead atoms. The standard InChI is InChI=1S/C21H25N3O2/c25-21(15-23-13-10-17-6-1-2-9-20(17)23)24-12-5-8-19(14-24)26-16-18-7-3-4-11-22-18/h1-4,6-7,9,11,19H,5,8,10,12-16H2. The van der Waals surface area contributed by atoms with Crippen molar-refractivity contribution >= 4 is 11.6 Å². The second-order valence-electron chi connectivity index (χ2n) is 7.04. The van der Waals surface area contributed by atoms with Crippen LogP contribution in [0.2, 0.25) is 0 Å². The molecule has 1 unspecified atom stereocenters. The van der Waals surface area contributed by atoms with Crippen LogP contribution in [0, 0.1) is 0 Å². The lowest BCUT2D eigenvalue weighted by Crippen LogP contribution is -2.47. The number of hydrogen-bond donors (Lipinski definition) is 0. The Morgan fingerprint density at radius 2 is 2.04 bits per heavy atom. The fourth-order valence-electron chi connectivity index (χ4n) is 3.82. The smallest absolute Gasteiger partial charge is 0.242 e. The van der Waals surface area contributed by atoms with E-state index in [9.17, 15) is 4.79 Å². The third-order valence-corrected chi connectivity index (χ3v) is 5.23. The zero-order valence-corrected chi connectivity index (χ0v) is 15.0. The Labute approximate surface area is 154 Å². The molecule has 0 saturated carbocycles. The maximum absolute atomic E-state index is 12.8. The van der Waals surface area contributed by atoms with Crippen LogP contribution in [0.4, 0.5) is 5.69 Å². The third kappa shape index (κ3) is 3.88. The van der Waals surface area contributed by atoms with E-state index in [1.165, 1.54) is 11.3 Å². The van der Waals surface area contributed by atoms with Gasteiger partial charge in [0.15, 0.2) is 0 Å². The van der Waals surface area contributed by atoms with Gasteiger partial charge in [0.05, 0.1) is 24.9 Å². The summed E-state index contributed by atoms with van der Waals surface area (Å²) in [6.45, 7) is 3.41. The molecule has 0 N–H and O–H groups in total. The molecule has 1 fully saturated rings. The molecular weight excluding hydrogens is 326 g/mol. The first-order valence-electron chi connectivity index (χ1n) is 9.42. The number of carbonyl (C=O) groups excluding carboxylic acids is 1. The highest BCUT2D eigenvalue weighted by Crippen LogP contribution is 2.27. The first-order valence-corrected chi connectivity index (χ1v) is 9.42. The summed E-state index contributed by atoms with van der Waals surface area (Å²) in [5, 5.41) is 0. The number of amides is 1. The number of likely N-dealkylation sites (tertiary alicyclic amines) is 1. The summed E-state index contributed by atoms with van der Waals surface area (Å²) in [7, 11) is 0. The maximum Gasteiger partial charge on any atom is 0.242 e. The molecule has 5 nitrogen and oxygen atoms in total. The van der Waals surface area contributed by atoms with Crippen molar-refractivity contribution in [3.63, 3.8) is 0 Å². The van der Waals surface area contributed by atoms with Gasteiger partial charge < -0.3 is 14.5 Å². The normalized spacial score (nSPS) is 19.5. The van der Waals surface area contributed by atoms with Crippen LogP contribution < -0.4 is 4.90 Å². The molecule has 26 heavy (non-hydrogen) atoms. The summed E-state index contributed by atoms with van der Waals surface area (Å²) in [6, 6.07) is 14.2. The Balaban J connectivity index is 1.31. The van der Waals surface area contributed by atoms with E-state index in [-0.39, 0.29) is 12.0 Å². The Kier molecular flexibility index (Phi) is 5.16. The van der Waals surface area contributed by atoms with E-state index < -0.39 is 0 Å². The summed E-state index contributed by atoms with van der Waals surface area (Å²) in [6.07, 6.45) is 4.90. The Morgan fingerprint density at radius 3 is 2.92 bits per heavy atom. The number of piperidine rings is 1. The van der Waals surface area contributed by atoms with Crippen molar-refractivity contribution in [2.24, 2.45) is 0 Å². The van der Waals surface area contributed by atoms with Crippen LogP contribution in [0.5, 0.6) is 0 Å². The summed E-state index contributed by atoms with van der Waals surface area (Å²) < 4.78 is 6.01. The van der Waals surface area contributed by atoms with Gasteiger partial charge in [0.25, 0.3) is 0 Å². The molecule has 136 valence electrons. The first-order chi connectivity index (χ1) is 12.8. The van der Waals surface area contributed by atoms with E-state index in [0.717, 1.165) is 38.0 Å². The number of benzene rings is 1. The molecule has 2 aliphatic heterocycles. The predicted octanol–water partition coefficient (Wildman–Crippen LogP) is 2.65. The largest absolute Gasteiger partial charge is 0.370 e. The maximum atomic E-state index is 12.8. The van der Waals surface area contributed by atoms with Crippen LogP contribution in [-0.2, 0) is 22.6 Å². The molecule has 0 spiro atoms. The topological polar surface area (TPSA) is 45.7 Å². The number of carbonyl (C=O) groups is 1. The lowest BCUT2D eigenvalue weighted by Gasteiger charge is -2.34. The molecule has 3 heterocycles. The van der Waals surface area contributed by atoms with Crippen LogP contribution in [0.15, 0.2) is 48.7 Å². The third-order valence-electron chi connectivity index (χ3n) is 5.23. The fraction of sp³-hybridized carbons (Fsp3) is 0.429. The molecule has 0 aliphatic carbocycles. The highest BCUT2D eigenvalue weighted by molar-refractivity contribution is 5.82. The van der Waals surface area contributed by atoms with Gasteiger partial charge in [0.2, 0.25) is 5.91 Å². The molecule has 1 atom stereocenters. The average molecular weight is 351 g/mol. The summed E-state index contributed by atoms with van der Waals surface area (Å²) in [5.74, 6) is 0.202. The second kappa shape index (κ2) is 7.87. The number of para-hydroxylation sites is 1. The zero-order valence-electron chi connectivity index (χ0n) is 15.0. The van der Waals surface area contributed by atoms with E-state index in [0.29, 0.717) is 19.7 Å². The Hall–Kier alpha value is -2.40. The molecule has 1 saturated heterocycles. The lowest BCUT2D eigenvalue weighted by molar-refractivity contribution is -0.134. The molecule has 1 aromatic carbocycles. The molecule has 0 radical (unpaired) electrons. The summed E-state index contributed by atoms with van der Waals surface area (Å²) >= 11 is 0. The number of nitrogens with zero attached hydrogens (tertiary/aromatic N) is 3. The van der Waals surface area contributed by atoms with E-state index >= 15 is 0 Å². The summed E-state index contributed by atoms with van der Waals surface area (Å²) in [5.41, 5.74) is 3.49. The van der Waals surface area contributed by atoms with Crippen molar-refractivity contribution in [1.29, 1.82) is 0 Å². The summed E-state index contributed by atoms with van der Waals surface area (Å²) in [4.78, 5) is 21.3. The van der Waals surface area contributed by atoms with Gasteiger partial charge in [-0.2, -0.15) is 0 Å². The van der Waals surface area contributed by atoms with E-state index in [1.807, 2.05) is 29.2 Å². The fourth-order valence-corrected chi connectivity index (χ4v) is 3.82. The van der Waals surface area contributed by atoms with Crippen LogP contribution in [0.25, 0.3) is 0 Å². The molecule has 2 aromatic rings. The van der Waals surface area contributed by atoms with Crippen LogP contribution >= 0.6 is 0 Å². The van der Waals surface area contributed by atoms with Crippen molar-refractivity contribution in [2.75, 3.05) is 31.1 Å². The Bertz CT molecular complexity index is 750. The van der Waals surface area contributed by atoms with Crippen molar-refractivity contribution in [2.45, 2.75) is 32.0 Å². The van der Waals surface area contributed by atoms with Gasteiger partial charge >= 0.3 is 0 Å². The van der Waals surface area contributed by atoms with Crippen molar-refractivity contribution in [3.8, 4) is 0 Å². The number of pyridine rings is 1. The minimum Gasteiger partial charge on any atom is -0.370 e. The zero-order chi connectivity index (χ0) is 17.8. The SMILES string of the molecule is O=C(CN1CCc2ccccc21)N1CCCC(OCc2ccccn2)C1. The van der Waals surface area contributed by atoms with Gasteiger partial charge in [-0.15, -0.1) is 0 Å². The number of hydrogen-bond acceptors (Lipinski definition) is 4. The van der Waals surface area contributed by atoms with Crippen molar-refractivity contribution < 1.29 is 9.53 Å². The first kappa shape index (κ1) is 17.0.